The number of rotatable bonds is 5. The van der Waals surface area contributed by atoms with Crippen LogP contribution < -0.4 is 0 Å². The summed E-state index contributed by atoms with van der Waals surface area (Å²) in [5.41, 5.74) is -0.553. The highest BCUT2D eigenvalue weighted by atomic mass is 16.6. The summed E-state index contributed by atoms with van der Waals surface area (Å²) in [5.74, 6) is -0.473. The number of carbonyl (C=O) groups is 2. The number of amides is 1. The zero-order chi connectivity index (χ0) is 14.6. The predicted octanol–water partition coefficient (Wildman–Crippen LogP) is 1.34. The van der Waals surface area contributed by atoms with Crippen molar-refractivity contribution in [3.63, 3.8) is 0 Å². The highest BCUT2D eigenvalue weighted by Crippen LogP contribution is 2.23. The monoisotopic (exact) mass is 271 g/mol. The van der Waals surface area contributed by atoms with Crippen LogP contribution in [-0.4, -0.2) is 46.7 Å². The lowest BCUT2D eigenvalue weighted by Crippen LogP contribution is -2.45. The topological polar surface area (TPSA) is 66.8 Å². The Morgan fingerprint density at radius 1 is 1.53 bits per heavy atom. The zero-order valence-electron chi connectivity index (χ0n) is 12.3. The zero-order valence-corrected chi connectivity index (χ0v) is 12.3. The smallest absolute Gasteiger partial charge is 0.329 e. The fourth-order valence-corrected chi connectivity index (χ4v) is 2.28. The molecule has 0 saturated carbocycles. The van der Waals surface area contributed by atoms with E-state index >= 15 is 0 Å². The number of hydrogen-bond donors (Lipinski definition) is 1. The Morgan fingerprint density at radius 3 is 2.58 bits per heavy atom. The first-order valence-electron chi connectivity index (χ1n) is 6.91. The standard InChI is InChI=1S/C14H25NO4/c1-5-6-11(13(18)19-14(2,3)4)15-8-10(9-16)7-12(15)17/h10-11,16H,5-9H2,1-4H3. The van der Waals surface area contributed by atoms with Gasteiger partial charge in [0.25, 0.3) is 0 Å². The number of nitrogens with zero attached hydrogens (tertiary/aromatic N) is 1. The van der Waals surface area contributed by atoms with Gasteiger partial charge in [-0.25, -0.2) is 4.79 Å². The summed E-state index contributed by atoms with van der Waals surface area (Å²) >= 11 is 0. The second kappa shape index (κ2) is 6.37. The molecule has 1 amide bonds. The molecular weight excluding hydrogens is 246 g/mol. The van der Waals surface area contributed by atoms with Gasteiger partial charge >= 0.3 is 5.97 Å². The summed E-state index contributed by atoms with van der Waals surface area (Å²) in [4.78, 5) is 25.7. The summed E-state index contributed by atoms with van der Waals surface area (Å²) in [5, 5.41) is 9.14. The molecule has 2 atom stereocenters. The van der Waals surface area contributed by atoms with Crippen LogP contribution in [0.15, 0.2) is 0 Å². The third kappa shape index (κ3) is 4.49. The second-order valence-electron chi connectivity index (χ2n) is 6.14. The molecule has 2 unspecified atom stereocenters. The molecule has 110 valence electrons. The number of hydrogen-bond acceptors (Lipinski definition) is 4. The molecular formula is C14H25NO4. The lowest BCUT2D eigenvalue weighted by atomic mass is 10.1. The van der Waals surface area contributed by atoms with Crippen LogP contribution in [0.25, 0.3) is 0 Å². The van der Waals surface area contributed by atoms with Gasteiger partial charge in [0.15, 0.2) is 0 Å². The van der Waals surface area contributed by atoms with Crippen molar-refractivity contribution in [1.29, 1.82) is 0 Å². The van der Waals surface area contributed by atoms with Crippen LogP contribution in [0, 0.1) is 5.92 Å². The average molecular weight is 271 g/mol. The Labute approximate surface area is 114 Å². The number of likely N-dealkylation sites (tertiary alicyclic amines) is 1. The van der Waals surface area contributed by atoms with Crippen LogP contribution in [0.2, 0.25) is 0 Å². The van der Waals surface area contributed by atoms with Gasteiger partial charge in [-0.05, 0) is 27.2 Å². The van der Waals surface area contributed by atoms with Gasteiger partial charge in [0.1, 0.15) is 11.6 Å². The molecule has 1 aliphatic rings. The van der Waals surface area contributed by atoms with E-state index in [9.17, 15) is 9.59 Å². The molecule has 19 heavy (non-hydrogen) atoms. The summed E-state index contributed by atoms with van der Waals surface area (Å²) in [7, 11) is 0. The Morgan fingerprint density at radius 2 is 2.16 bits per heavy atom. The van der Waals surface area contributed by atoms with Gasteiger partial charge in [-0.1, -0.05) is 13.3 Å². The number of carbonyl (C=O) groups excluding carboxylic acids is 2. The van der Waals surface area contributed by atoms with E-state index in [-0.39, 0.29) is 24.4 Å². The van der Waals surface area contributed by atoms with Crippen LogP contribution in [0.4, 0.5) is 0 Å². The normalized spacial score (nSPS) is 21.6. The summed E-state index contributed by atoms with van der Waals surface area (Å²) in [6.07, 6.45) is 1.72. The van der Waals surface area contributed by atoms with Crippen molar-refractivity contribution in [2.75, 3.05) is 13.2 Å². The van der Waals surface area contributed by atoms with E-state index < -0.39 is 11.6 Å². The average Bonchev–Trinajstić information content (AvgIpc) is 2.65. The van der Waals surface area contributed by atoms with Crippen molar-refractivity contribution in [1.82, 2.24) is 4.90 Å². The third-order valence-electron chi connectivity index (χ3n) is 3.11. The van der Waals surface area contributed by atoms with Crippen LogP contribution in [0.1, 0.15) is 47.0 Å². The fraction of sp³-hybridized carbons (Fsp3) is 0.857. The summed E-state index contributed by atoms with van der Waals surface area (Å²) in [6.45, 7) is 7.85. The van der Waals surface area contributed by atoms with Gasteiger partial charge in [-0.15, -0.1) is 0 Å². The first-order chi connectivity index (χ1) is 8.78. The molecule has 1 aliphatic heterocycles. The van der Waals surface area contributed by atoms with Gasteiger partial charge in [0, 0.05) is 25.5 Å². The predicted molar refractivity (Wildman–Crippen MR) is 71.4 cm³/mol. The molecule has 0 aromatic rings. The van der Waals surface area contributed by atoms with Gasteiger partial charge in [0.05, 0.1) is 0 Å². The summed E-state index contributed by atoms with van der Waals surface area (Å²) < 4.78 is 5.39. The quantitative estimate of drug-likeness (QED) is 0.766. The van der Waals surface area contributed by atoms with Gasteiger partial charge in [-0.3, -0.25) is 4.79 Å². The minimum atomic E-state index is -0.553. The lowest BCUT2D eigenvalue weighted by Gasteiger charge is -2.29. The molecule has 0 aromatic carbocycles. The number of esters is 1. The Balaban J connectivity index is 2.77. The van der Waals surface area contributed by atoms with E-state index in [4.69, 9.17) is 9.84 Å². The highest BCUT2D eigenvalue weighted by molar-refractivity contribution is 5.86. The molecule has 5 nitrogen and oxygen atoms in total. The van der Waals surface area contributed by atoms with Crippen LogP contribution in [0.3, 0.4) is 0 Å². The molecule has 1 fully saturated rings. The SMILES string of the molecule is CCCC(C(=O)OC(C)(C)C)N1CC(CO)CC1=O. The molecule has 1 N–H and O–H groups in total. The molecule has 0 aliphatic carbocycles. The van der Waals surface area contributed by atoms with Crippen LogP contribution in [0.5, 0.6) is 0 Å². The maximum atomic E-state index is 12.2. The molecule has 1 heterocycles. The molecule has 0 bridgehead atoms. The minimum Gasteiger partial charge on any atom is -0.458 e. The van der Waals surface area contributed by atoms with Crippen molar-refractivity contribution in [2.24, 2.45) is 5.92 Å². The minimum absolute atomic E-state index is 0.0184. The van der Waals surface area contributed by atoms with Crippen molar-refractivity contribution in [3.8, 4) is 0 Å². The molecule has 0 spiro atoms. The largest absolute Gasteiger partial charge is 0.458 e. The van der Waals surface area contributed by atoms with Crippen LogP contribution >= 0.6 is 0 Å². The van der Waals surface area contributed by atoms with E-state index in [2.05, 4.69) is 0 Å². The van der Waals surface area contributed by atoms with E-state index in [1.165, 1.54) is 0 Å². The number of aliphatic hydroxyl groups excluding tert-OH is 1. The molecule has 1 rings (SSSR count). The Kier molecular flexibility index (Phi) is 5.35. The van der Waals surface area contributed by atoms with Crippen molar-refractivity contribution >= 4 is 11.9 Å². The van der Waals surface area contributed by atoms with Crippen molar-refractivity contribution in [2.45, 2.75) is 58.6 Å². The van der Waals surface area contributed by atoms with E-state index in [1.54, 1.807) is 4.90 Å². The molecule has 0 radical (unpaired) electrons. The molecule has 5 heteroatoms. The fourth-order valence-electron chi connectivity index (χ4n) is 2.28. The second-order valence-corrected chi connectivity index (χ2v) is 6.14. The third-order valence-corrected chi connectivity index (χ3v) is 3.11. The maximum absolute atomic E-state index is 12.2. The number of aliphatic hydroxyl groups is 1. The molecule has 0 aromatic heterocycles. The van der Waals surface area contributed by atoms with Gasteiger partial charge < -0.3 is 14.7 Å². The van der Waals surface area contributed by atoms with Crippen molar-refractivity contribution in [3.05, 3.63) is 0 Å². The Hall–Kier alpha value is -1.10. The molecule has 1 saturated heterocycles. The Bertz CT molecular complexity index is 335. The summed E-state index contributed by atoms with van der Waals surface area (Å²) in [6, 6.07) is -0.520. The first kappa shape index (κ1) is 16.0. The van der Waals surface area contributed by atoms with E-state index in [0.29, 0.717) is 19.4 Å². The van der Waals surface area contributed by atoms with Crippen molar-refractivity contribution < 1.29 is 19.4 Å². The van der Waals surface area contributed by atoms with E-state index in [0.717, 1.165) is 6.42 Å². The maximum Gasteiger partial charge on any atom is 0.329 e. The van der Waals surface area contributed by atoms with Gasteiger partial charge in [-0.2, -0.15) is 0 Å². The highest BCUT2D eigenvalue weighted by Gasteiger charge is 2.38. The van der Waals surface area contributed by atoms with E-state index in [1.807, 2.05) is 27.7 Å². The first-order valence-corrected chi connectivity index (χ1v) is 6.91. The number of ether oxygens (including phenoxy) is 1. The lowest BCUT2D eigenvalue weighted by molar-refractivity contribution is -0.164. The van der Waals surface area contributed by atoms with Crippen LogP contribution in [-0.2, 0) is 14.3 Å². The van der Waals surface area contributed by atoms with Gasteiger partial charge in [0.2, 0.25) is 5.91 Å².